The average Bonchev–Trinajstić information content (AvgIpc) is 3.46. The zero-order valence-corrected chi connectivity index (χ0v) is 13.3. The van der Waals surface area contributed by atoms with Gasteiger partial charge in [-0.25, -0.2) is 9.97 Å². The van der Waals surface area contributed by atoms with Gasteiger partial charge in [0.25, 0.3) is 0 Å². The van der Waals surface area contributed by atoms with Gasteiger partial charge < -0.3 is 4.74 Å². The summed E-state index contributed by atoms with van der Waals surface area (Å²) in [6.45, 7) is 0. The Balaban J connectivity index is 1.74. The summed E-state index contributed by atoms with van der Waals surface area (Å²) in [5.74, 6) is 1.31. The molecule has 1 fully saturated rings. The number of amides is 1. The van der Waals surface area contributed by atoms with E-state index < -0.39 is 0 Å². The molecule has 1 amide bonds. The summed E-state index contributed by atoms with van der Waals surface area (Å²) in [5, 5.41) is 3.75. The summed E-state index contributed by atoms with van der Waals surface area (Å²) in [6.07, 6.45) is 3.66. The Morgan fingerprint density at radius 1 is 1.17 bits per heavy atom. The molecule has 3 aromatic rings. The largest absolute Gasteiger partial charge is 0.497 e. The fourth-order valence-electron chi connectivity index (χ4n) is 2.68. The first kappa shape index (κ1) is 14.6. The van der Waals surface area contributed by atoms with Gasteiger partial charge in [-0.2, -0.15) is 0 Å². The van der Waals surface area contributed by atoms with Gasteiger partial charge in [0.05, 0.1) is 12.6 Å². The summed E-state index contributed by atoms with van der Waals surface area (Å²) in [6, 6.07) is 13.8. The highest BCUT2D eigenvalue weighted by Crippen LogP contribution is 2.31. The molecule has 1 aliphatic carbocycles. The second-order valence-corrected chi connectivity index (χ2v) is 5.93. The van der Waals surface area contributed by atoms with Gasteiger partial charge in [0.1, 0.15) is 5.75 Å². The smallest absolute Gasteiger partial charge is 0.229 e. The number of nitrogens with one attached hydrogen (secondary N) is 1. The fraction of sp³-hybridized carbons (Fsp3) is 0.211. The second-order valence-electron chi connectivity index (χ2n) is 5.93. The Kier molecular flexibility index (Phi) is 3.61. The predicted molar refractivity (Wildman–Crippen MR) is 92.9 cm³/mol. The number of aromatic nitrogens is 2. The van der Waals surface area contributed by atoms with Crippen molar-refractivity contribution in [1.29, 1.82) is 0 Å². The number of anilines is 1. The number of rotatable bonds is 4. The lowest BCUT2D eigenvalue weighted by molar-refractivity contribution is -0.117. The van der Waals surface area contributed by atoms with Gasteiger partial charge in [-0.05, 0) is 30.5 Å². The SMILES string of the molecule is COc1ccc(-c2cccc3cnc(NC(=O)C4CC4)nc23)cc1. The number of fused-ring (bicyclic) bond motifs is 1. The molecule has 0 aliphatic heterocycles. The van der Waals surface area contributed by atoms with Crippen molar-refractivity contribution in [2.45, 2.75) is 12.8 Å². The number of nitrogens with zero attached hydrogens (tertiary/aromatic N) is 2. The Hall–Kier alpha value is -2.95. The lowest BCUT2D eigenvalue weighted by Gasteiger charge is -2.09. The molecule has 1 N–H and O–H groups in total. The van der Waals surface area contributed by atoms with Crippen molar-refractivity contribution in [2.75, 3.05) is 12.4 Å². The van der Waals surface area contributed by atoms with E-state index in [0.717, 1.165) is 40.6 Å². The van der Waals surface area contributed by atoms with E-state index in [1.54, 1.807) is 13.3 Å². The molecule has 1 aliphatic rings. The van der Waals surface area contributed by atoms with Crippen LogP contribution in [0, 0.1) is 5.92 Å². The van der Waals surface area contributed by atoms with Gasteiger partial charge in [0.2, 0.25) is 11.9 Å². The quantitative estimate of drug-likeness (QED) is 0.797. The van der Waals surface area contributed by atoms with Crippen LogP contribution in [0.25, 0.3) is 22.0 Å². The van der Waals surface area contributed by atoms with Crippen LogP contribution < -0.4 is 10.1 Å². The summed E-state index contributed by atoms with van der Waals surface area (Å²) in [7, 11) is 1.65. The molecule has 0 radical (unpaired) electrons. The van der Waals surface area contributed by atoms with E-state index in [1.807, 2.05) is 42.5 Å². The Bertz CT molecular complexity index is 902. The van der Waals surface area contributed by atoms with Gasteiger partial charge in [-0.3, -0.25) is 10.1 Å². The van der Waals surface area contributed by atoms with E-state index in [1.165, 1.54) is 0 Å². The summed E-state index contributed by atoms with van der Waals surface area (Å²) >= 11 is 0. The summed E-state index contributed by atoms with van der Waals surface area (Å²) in [5.41, 5.74) is 2.86. The number of hydrogen-bond donors (Lipinski definition) is 1. The average molecular weight is 319 g/mol. The Morgan fingerprint density at radius 3 is 2.67 bits per heavy atom. The third-order valence-corrected chi connectivity index (χ3v) is 4.20. The maximum atomic E-state index is 11.9. The maximum absolute atomic E-state index is 11.9. The first-order chi connectivity index (χ1) is 11.7. The highest BCUT2D eigenvalue weighted by molar-refractivity contribution is 5.96. The number of benzene rings is 2. The van der Waals surface area contributed by atoms with Gasteiger partial charge >= 0.3 is 0 Å². The molecular formula is C19H17N3O2. The van der Waals surface area contributed by atoms with Crippen LogP contribution in [-0.2, 0) is 4.79 Å². The highest BCUT2D eigenvalue weighted by Gasteiger charge is 2.30. The van der Waals surface area contributed by atoms with Crippen molar-refractivity contribution in [3.63, 3.8) is 0 Å². The Labute approximate surface area is 139 Å². The van der Waals surface area contributed by atoms with E-state index in [2.05, 4.69) is 15.3 Å². The first-order valence-corrected chi connectivity index (χ1v) is 7.95. The fourth-order valence-corrected chi connectivity index (χ4v) is 2.68. The molecular weight excluding hydrogens is 302 g/mol. The normalized spacial score (nSPS) is 13.7. The zero-order chi connectivity index (χ0) is 16.5. The molecule has 0 atom stereocenters. The topological polar surface area (TPSA) is 64.1 Å². The first-order valence-electron chi connectivity index (χ1n) is 7.95. The molecule has 0 saturated heterocycles. The minimum absolute atomic E-state index is 0.0104. The molecule has 0 unspecified atom stereocenters. The van der Waals surface area contributed by atoms with Gasteiger partial charge in [-0.1, -0.05) is 30.3 Å². The molecule has 1 saturated carbocycles. The zero-order valence-electron chi connectivity index (χ0n) is 13.3. The van der Waals surface area contributed by atoms with Crippen molar-refractivity contribution < 1.29 is 9.53 Å². The highest BCUT2D eigenvalue weighted by atomic mass is 16.5. The van der Waals surface area contributed by atoms with Crippen LogP contribution in [0.1, 0.15) is 12.8 Å². The van der Waals surface area contributed by atoms with Crippen molar-refractivity contribution in [3.05, 3.63) is 48.7 Å². The number of carbonyl (C=O) groups excluding carboxylic acids is 1. The van der Waals surface area contributed by atoms with Crippen molar-refractivity contribution in [1.82, 2.24) is 9.97 Å². The van der Waals surface area contributed by atoms with Crippen LogP contribution >= 0.6 is 0 Å². The molecule has 1 heterocycles. The monoisotopic (exact) mass is 319 g/mol. The number of para-hydroxylation sites is 1. The third kappa shape index (κ3) is 2.80. The van der Waals surface area contributed by atoms with E-state index in [-0.39, 0.29) is 11.8 Å². The van der Waals surface area contributed by atoms with E-state index in [0.29, 0.717) is 5.95 Å². The van der Waals surface area contributed by atoms with Crippen LogP contribution in [0.15, 0.2) is 48.7 Å². The van der Waals surface area contributed by atoms with Crippen LogP contribution in [0.5, 0.6) is 5.75 Å². The standard InChI is InChI=1S/C19H17N3O2/c1-24-15-9-7-12(8-10-15)16-4-2-3-14-11-20-19(21-17(14)16)22-18(23)13-5-6-13/h2-4,7-11,13H,5-6H2,1H3,(H,20,21,22,23). The molecule has 24 heavy (non-hydrogen) atoms. The molecule has 120 valence electrons. The molecule has 1 aromatic heterocycles. The number of hydrogen-bond acceptors (Lipinski definition) is 4. The number of methoxy groups -OCH3 is 1. The third-order valence-electron chi connectivity index (χ3n) is 4.20. The van der Waals surface area contributed by atoms with Crippen molar-refractivity contribution in [2.24, 2.45) is 5.92 Å². The molecule has 5 heteroatoms. The number of carbonyl (C=O) groups is 1. The number of ether oxygens (including phenoxy) is 1. The molecule has 0 bridgehead atoms. The molecule has 2 aromatic carbocycles. The molecule has 4 rings (SSSR count). The van der Waals surface area contributed by atoms with Crippen molar-refractivity contribution >= 4 is 22.8 Å². The van der Waals surface area contributed by atoms with E-state index >= 15 is 0 Å². The minimum atomic E-state index is 0.0104. The van der Waals surface area contributed by atoms with Crippen LogP contribution in [0.2, 0.25) is 0 Å². The van der Waals surface area contributed by atoms with E-state index in [4.69, 9.17) is 4.74 Å². The minimum Gasteiger partial charge on any atom is -0.497 e. The lowest BCUT2D eigenvalue weighted by Crippen LogP contribution is -2.15. The van der Waals surface area contributed by atoms with Crippen molar-refractivity contribution in [3.8, 4) is 16.9 Å². The second kappa shape index (κ2) is 5.92. The molecule has 0 spiro atoms. The maximum Gasteiger partial charge on any atom is 0.229 e. The van der Waals surface area contributed by atoms with E-state index in [9.17, 15) is 4.79 Å². The predicted octanol–water partition coefficient (Wildman–Crippen LogP) is 3.65. The molecule has 5 nitrogen and oxygen atoms in total. The van der Waals surface area contributed by atoms with Gasteiger partial charge in [-0.15, -0.1) is 0 Å². The van der Waals surface area contributed by atoms with Gasteiger partial charge in [0.15, 0.2) is 0 Å². The van der Waals surface area contributed by atoms with Crippen LogP contribution in [0.4, 0.5) is 5.95 Å². The Morgan fingerprint density at radius 2 is 1.96 bits per heavy atom. The lowest BCUT2D eigenvalue weighted by atomic mass is 10.0. The van der Waals surface area contributed by atoms with Gasteiger partial charge in [0, 0.05) is 23.1 Å². The van der Waals surface area contributed by atoms with Crippen LogP contribution in [-0.4, -0.2) is 23.0 Å². The summed E-state index contributed by atoms with van der Waals surface area (Å²) < 4.78 is 5.21. The van der Waals surface area contributed by atoms with Crippen LogP contribution in [0.3, 0.4) is 0 Å². The summed E-state index contributed by atoms with van der Waals surface area (Å²) in [4.78, 5) is 20.8.